The molecule has 2 amide bonds. The minimum atomic E-state index is -0.0597. The molecule has 3 aliphatic rings. The third-order valence-electron chi connectivity index (χ3n) is 5.82. The van der Waals surface area contributed by atoms with Gasteiger partial charge in [0.25, 0.3) is 0 Å². The van der Waals surface area contributed by atoms with Gasteiger partial charge in [-0.1, -0.05) is 12.1 Å². The van der Waals surface area contributed by atoms with Gasteiger partial charge < -0.3 is 10.6 Å². The zero-order valence-corrected chi connectivity index (χ0v) is 15.4. The number of hydrazone groups is 1. The smallest absolute Gasteiger partial charge is 0.315 e. The minimum absolute atomic E-state index is 0.0597. The number of hydrogen-bond acceptors (Lipinski definition) is 5. The third kappa shape index (κ3) is 3.02. The van der Waals surface area contributed by atoms with Crippen LogP contribution in [-0.4, -0.2) is 33.8 Å². The van der Waals surface area contributed by atoms with E-state index >= 15 is 0 Å². The van der Waals surface area contributed by atoms with E-state index in [0.29, 0.717) is 0 Å². The van der Waals surface area contributed by atoms with Gasteiger partial charge in [0.05, 0.1) is 34.9 Å². The monoisotopic (exact) mass is 374 g/mol. The second kappa shape index (κ2) is 7.07. The summed E-state index contributed by atoms with van der Waals surface area (Å²) in [7, 11) is 0. The van der Waals surface area contributed by atoms with Crippen LogP contribution in [0.3, 0.4) is 0 Å². The molecule has 3 N–H and O–H groups in total. The highest BCUT2D eigenvalue weighted by molar-refractivity contribution is 6.04. The van der Waals surface area contributed by atoms with Crippen LogP contribution in [0.15, 0.2) is 59.5 Å². The molecule has 1 aliphatic carbocycles. The Morgan fingerprint density at radius 2 is 1.57 bits per heavy atom. The molecule has 3 unspecified atom stereocenters. The number of carbonyl (C=O) groups excluding carboxylic acids is 1. The highest BCUT2D eigenvalue weighted by Gasteiger charge is 2.38. The Morgan fingerprint density at radius 1 is 0.857 bits per heavy atom. The van der Waals surface area contributed by atoms with Crippen LogP contribution in [0.4, 0.5) is 4.79 Å². The molecule has 2 aliphatic heterocycles. The van der Waals surface area contributed by atoms with Gasteiger partial charge in [0.15, 0.2) is 0 Å². The van der Waals surface area contributed by atoms with E-state index in [2.05, 4.69) is 26.0 Å². The number of nitrogens with one attached hydrogen (secondary N) is 3. The number of fused-ring (bicyclic) bond motifs is 2. The molecule has 7 heteroatoms. The van der Waals surface area contributed by atoms with Gasteiger partial charge in [0.2, 0.25) is 0 Å². The fourth-order valence-electron chi connectivity index (χ4n) is 4.48. The summed E-state index contributed by atoms with van der Waals surface area (Å²) < 4.78 is 0. The van der Waals surface area contributed by atoms with Gasteiger partial charge in [-0.25, -0.2) is 4.79 Å². The van der Waals surface area contributed by atoms with Crippen molar-refractivity contribution in [2.75, 3.05) is 0 Å². The summed E-state index contributed by atoms with van der Waals surface area (Å²) in [6.45, 7) is 0. The molecule has 0 radical (unpaired) electrons. The molecule has 2 fully saturated rings. The van der Waals surface area contributed by atoms with Gasteiger partial charge in [-0.2, -0.15) is 5.10 Å². The highest BCUT2D eigenvalue weighted by atomic mass is 16.2. The van der Waals surface area contributed by atoms with E-state index in [4.69, 9.17) is 5.10 Å². The number of urea groups is 1. The predicted molar refractivity (Wildman–Crippen MR) is 106 cm³/mol. The number of hydrogen-bond donors (Lipinski definition) is 3. The minimum Gasteiger partial charge on any atom is -0.333 e. The number of amides is 2. The maximum absolute atomic E-state index is 11.8. The highest BCUT2D eigenvalue weighted by Crippen LogP contribution is 2.37. The fraction of sp³-hybridized carbons (Fsp3) is 0.333. The quantitative estimate of drug-likeness (QED) is 0.753. The SMILES string of the molecule is O=C1NC2CCC3=C(c4ccccn4)NN=C(c4ccccn4)C3CCC2N1. The van der Waals surface area contributed by atoms with Crippen LogP contribution in [0.2, 0.25) is 0 Å². The first-order chi connectivity index (χ1) is 13.8. The largest absolute Gasteiger partial charge is 0.333 e. The zero-order valence-electron chi connectivity index (χ0n) is 15.4. The molecular weight excluding hydrogens is 352 g/mol. The summed E-state index contributed by atoms with van der Waals surface area (Å²) >= 11 is 0. The van der Waals surface area contributed by atoms with Crippen molar-refractivity contribution < 1.29 is 4.79 Å². The Labute approximate surface area is 163 Å². The van der Waals surface area contributed by atoms with E-state index in [0.717, 1.165) is 48.5 Å². The Bertz CT molecular complexity index is 940. The van der Waals surface area contributed by atoms with E-state index in [1.807, 2.05) is 36.4 Å². The summed E-state index contributed by atoms with van der Waals surface area (Å²) in [6, 6.07) is 12.1. The van der Waals surface area contributed by atoms with Crippen molar-refractivity contribution >= 4 is 17.4 Å². The number of allylic oxidation sites excluding steroid dienone is 1. The predicted octanol–water partition coefficient (Wildman–Crippen LogP) is 2.44. The van der Waals surface area contributed by atoms with Crippen molar-refractivity contribution in [1.82, 2.24) is 26.0 Å². The number of pyridine rings is 2. The van der Waals surface area contributed by atoms with E-state index in [1.165, 1.54) is 5.57 Å². The molecule has 0 spiro atoms. The lowest BCUT2D eigenvalue weighted by atomic mass is 9.78. The Hall–Kier alpha value is -3.22. The molecule has 7 nitrogen and oxygen atoms in total. The lowest BCUT2D eigenvalue weighted by Gasteiger charge is -2.33. The van der Waals surface area contributed by atoms with E-state index in [1.54, 1.807) is 12.4 Å². The number of carbonyl (C=O) groups is 1. The topological polar surface area (TPSA) is 91.3 Å². The van der Waals surface area contributed by atoms with Gasteiger partial charge in [0, 0.05) is 18.3 Å². The summed E-state index contributed by atoms with van der Waals surface area (Å²) in [5.41, 5.74) is 8.30. The van der Waals surface area contributed by atoms with Gasteiger partial charge in [-0.15, -0.1) is 0 Å². The van der Waals surface area contributed by atoms with Crippen molar-refractivity contribution in [2.24, 2.45) is 11.0 Å². The van der Waals surface area contributed by atoms with E-state index < -0.39 is 0 Å². The molecule has 5 rings (SSSR count). The number of nitrogens with zero attached hydrogens (tertiary/aromatic N) is 3. The molecule has 0 aromatic carbocycles. The molecular formula is C21H22N6O. The second-order valence-corrected chi connectivity index (χ2v) is 7.44. The van der Waals surface area contributed by atoms with Crippen LogP contribution >= 0.6 is 0 Å². The van der Waals surface area contributed by atoms with Gasteiger partial charge in [-0.3, -0.25) is 15.4 Å². The van der Waals surface area contributed by atoms with Gasteiger partial charge in [-0.05, 0) is 55.5 Å². The standard InChI is InChI=1S/C21H22N6O/c28-21-24-15-9-7-13-14(8-10-16(15)25-21)20(18-6-2-4-12-23-18)27-26-19(13)17-5-1-3-11-22-17/h1-6,11-13,15-16,27H,7-10H2,(H2,24,25,28). The molecule has 3 atom stereocenters. The maximum atomic E-state index is 11.8. The molecule has 1 saturated carbocycles. The fourth-order valence-corrected chi connectivity index (χ4v) is 4.48. The van der Waals surface area contributed by atoms with Crippen molar-refractivity contribution in [3.8, 4) is 0 Å². The van der Waals surface area contributed by atoms with Crippen molar-refractivity contribution in [1.29, 1.82) is 0 Å². The summed E-state index contributed by atoms with van der Waals surface area (Å²) in [5, 5.41) is 10.9. The van der Waals surface area contributed by atoms with Crippen LogP contribution in [0.25, 0.3) is 5.70 Å². The number of rotatable bonds is 2. The Morgan fingerprint density at radius 3 is 2.29 bits per heavy atom. The van der Waals surface area contributed by atoms with Crippen molar-refractivity contribution in [3.63, 3.8) is 0 Å². The maximum Gasteiger partial charge on any atom is 0.315 e. The van der Waals surface area contributed by atoms with Crippen LogP contribution in [-0.2, 0) is 0 Å². The first-order valence-corrected chi connectivity index (χ1v) is 9.76. The van der Waals surface area contributed by atoms with E-state index in [-0.39, 0.29) is 24.0 Å². The lowest BCUT2D eigenvalue weighted by molar-refractivity contribution is 0.246. The summed E-state index contributed by atoms with van der Waals surface area (Å²) in [5.74, 6) is 0.159. The van der Waals surface area contributed by atoms with Crippen LogP contribution in [0, 0.1) is 5.92 Å². The third-order valence-corrected chi connectivity index (χ3v) is 5.82. The average molecular weight is 374 g/mol. The molecule has 142 valence electrons. The lowest BCUT2D eigenvalue weighted by Crippen LogP contribution is -2.39. The average Bonchev–Trinajstić information content (AvgIpc) is 3.08. The molecule has 0 bridgehead atoms. The molecule has 4 heterocycles. The Kier molecular flexibility index (Phi) is 4.27. The normalized spacial score (nSPS) is 26.6. The van der Waals surface area contributed by atoms with E-state index in [9.17, 15) is 4.79 Å². The Balaban J connectivity index is 1.55. The van der Waals surface area contributed by atoms with Gasteiger partial charge in [0.1, 0.15) is 0 Å². The molecule has 1 saturated heterocycles. The van der Waals surface area contributed by atoms with Crippen molar-refractivity contribution in [3.05, 3.63) is 65.8 Å². The first-order valence-electron chi connectivity index (χ1n) is 9.76. The van der Waals surface area contributed by atoms with Crippen LogP contribution < -0.4 is 16.1 Å². The van der Waals surface area contributed by atoms with Crippen LogP contribution in [0.1, 0.15) is 37.1 Å². The van der Waals surface area contributed by atoms with Crippen molar-refractivity contribution in [2.45, 2.75) is 37.8 Å². The summed E-state index contributed by atoms with van der Waals surface area (Å²) in [4.78, 5) is 20.9. The molecule has 28 heavy (non-hydrogen) atoms. The van der Waals surface area contributed by atoms with Gasteiger partial charge >= 0.3 is 6.03 Å². The zero-order chi connectivity index (χ0) is 18.9. The summed E-state index contributed by atoms with van der Waals surface area (Å²) in [6.07, 6.45) is 7.18. The van der Waals surface area contributed by atoms with Crippen LogP contribution in [0.5, 0.6) is 0 Å². The molecule has 2 aromatic heterocycles. The first kappa shape index (κ1) is 16.9. The molecule has 2 aromatic rings. The number of aromatic nitrogens is 2. The second-order valence-electron chi connectivity index (χ2n) is 7.44.